The van der Waals surface area contributed by atoms with E-state index >= 15 is 0 Å². The second-order valence-corrected chi connectivity index (χ2v) is 7.13. The number of anilines is 3. The Morgan fingerprint density at radius 3 is 2.31 bits per heavy atom. The molecule has 1 aliphatic heterocycles. The van der Waals surface area contributed by atoms with Gasteiger partial charge in [0.2, 0.25) is 0 Å². The minimum absolute atomic E-state index is 0.497. The van der Waals surface area contributed by atoms with Crippen LogP contribution in [0.5, 0.6) is 11.5 Å². The number of rotatable bonds is 7. The first-order valence-corrected chi connectivity index (χ1v) is 10.4. The van der Waals surface area contributed by atoms with Crippen molar-refractivity contribution in [3.63, 3.8) is 0 Å². The van der Waals surface area contributed by atoms with E-state index in [-0.39, 0.29) is 0 Å². The fraction of sp³-hybridized carbons (Fsp3) is 0.409. The molecule has 2 aromatic rings. The number of hydrogen-bond donors (Lipinski definition) is 2. The zero-order chi connectivity index (χ0) is 20.6. The summed E-state index contributed by atoms with van der Waals surface area (Å²) in [6, 6.07) is 12.1. The minimum atomic E-state index is 0.497. The van der Waals surface area contributed by atoms with Crippen LogP contribution in [0.4, 0.5) is 17.1 Å². The Hall–Kier alpha value is -2.51. The minimum Gasteiger partial charge on any atom is -0.492 e. The maximum Gasteiger partial charge on any atom is 0.175 e. The average Bonchev–Trinajstić information content (AvgIpc) is 2.72. The molecule has 0 aromatic heterocycles. The lowest BCUT2D eigenvalue weighted by atomic mass is 10.2. The van der Waals surface area contributed by atoms with Crippen LogP contribution in [0, 0.1) is 6.92 Å². The highest BCUT2D eigenvalue weighted by molar-refractivity contribution is 7.80. The Morgan fingerprint density at radius 1 is 1.00 bits per heavy atom. The van der Waals surface area contributed by atoms with Gasteiger partial charge in [-0.25, -0.2) is 0 Å². The molecule has 2 N–H and O–H groups in total. The summed E-state index contributed by atoms with van der Waals surface area (Å²) in [6.45, 7) is 10.2. The number of benzene rings is 2. The van der Waals surface area contributed by atoms with Crippen LogP contribution in [0.2, 0.25) is 0 Å². The highest BCUT2D eigenvalue weighted by atomic mass is 32.1. The van der Waals surface area contributed by atoms with Crippen molar-refractivity contribution in [2.75, 3.05) is 55.1 Å². The quantitative estimate of drug-likeness (QED) is 0.649. The number of nitrogens with one attached hydrogen (secondary N) is 2. The summed E-state index contributed by atoms with van der Waals surface area (Å²) in [6.07, 6.45) is 0. The molecule has 7 heteroatoms. The van der Waals surface area contributed by atoms with E-state index in [1.165, 1.54) is 5.56 Å². The topological polar surface area (TPSA) is 55.0 Å². The monoisotopic (exact) mass is 415 g/mol. The molecule has 0 saturated carbocycles. The predicted octanol–water partition coefficient (Wildman–Crippen LogP) is 4.44. The molecule has 0 unspecified atom stereocenters. The van der Waals surface area contributed by atoms with Crippen LogP contribution in [-0.4, -0.2) is 44.6 Å². The maximum absolute atomic E-state index is 5.94. The van der Waals surface area contributed by atoms with Crippen LogP contribution < -0.4 is 25.0 Å². The van der Waals surface area contributed by atoms with Gasteiger partial charge in [0, 0.05) is 30.9 Å². The summed E-state index contributed by atoms with van der Waals surface area (Å²) in [5.74, 6) is 1.55. The SMILES string of the molecule is CCOc1cc(N2CCOCC2)c(OCC)cc1NC(=S)Nc1ccc(C)cc1. The molecule has 0 spiro atoms. The second kappa shape index (κ2) is 10.3. The zero-order valence-electron chi connectivity index (χ0n) is 17.3. The fourth-order valence-corrected chi connectivity index (χ4v) is 3.39. The third kappa shape index (κ3) is 5.74. The second-order valence-electron chi connectivity index (χ2n) is 6.73. The number of hydrogen-bond acceptors (Lipinski definition) is 5. The molecule has 1 heterocycles. The van der Waals surface area contributed by atoms with E-state index in [9.17, 15) is 0 Å². The van der Waals surface area contributed by atoms with E-state index in [1.807, 2.05) is 50.2 Å². The number of morpholine rings is 1. The van der Waals surface area contributed by atoms with Crippen molar-refractivity contribution < 1.29 is 14.2 Å². The van der Waals surface area contributed by atoms with E-state index in [1.54, 1.807) is 0 Å². The van der Waals surface area contributed by atoms with E-state index in [0.717, 1.165) is 41.7 Å². The maximum atomic E-state index is 5.94. The Balaban J connectivity index is 1.84. The third-order valence-corrected chi connectivity index (χ3v) is 4.77. The first-order chi connectivity index (χ1) is 14.1. The van der Waals surface area contributed by atoms with Gasteiger partial charge >= 0.3 is 0 Å². The van der Waals surface area contributed by atoms with Gasteiger partial charge in [0.05, 0.1) is 37.8 Å². The number of ether oxygens (including phenoxy) is 3. The highest BCUT2D eigenvalue weighted by Crippen LogP contribution is 2.39. The molecule has 1 fully saturated rings. The van der Waals surface area contributed by atoms with Crippen LogP contribution in [0.1, 0.15) is 19.4 Å². The van der Waals surface area contributed by atoms with Gasteiger partial charge in [-0.05, 0) is 45.1 Å². The summed E-state index contributed by atoms with van der Waals surface area (Å²) < 4.78 is 17.3. The lowest BCUT2D eigenvalue weighted by Crippen LogP contribution is -2.36. The van der Waals surface area contributed by atoms with Gasteiger partial charge < -0.3 is 29.7 Å². The molecule has 0 atom stereocenters. The van der Waals surface area contributed by atoms with Crippen molar-refractivity contribution in [1.82, 2.24) is 0 Å². The Labute approximate surface area is 178 Å². The van der Waals surface area contributed by atoms with E-state index in [0.29, 0.717) is 31.5 Å². The number of aryl methyl sites for hydroxylation is 1. The lowest BCUT2D eigenvalue weighted by Gasteiger charge is -2.31. The molecule has 6 nitrogen and oxygen atoms in total. The smallest absolute Gasteiger partial charge is 0.175 e. The Bertz CT molecular complexity index is 821. The lowest BCUT2D eigenvalue weighted by molar-refractivity contribution is 0.122. The normalized spacial score (nSPS) is 13.7. The van der Waals surface area contributed by atoms with Crippen molar-refractivity contribution >= 4 is 34.4 Å². The van der Waals surface area contributed by atoms with Crippen LogP contribution in [0.25, 0.3) is 0 Å². The summed E-state index contributed by atoms with van der Waals surface area (Å²) in [5.41, 5.74) is 3.92. The molecule has 1 saturated heterocycles. The molecule has 2 aromatic carbocycles. The molecule has 156 valence electrons. The molecular formula is C22H29N3O3S. The van der Waals surface area contributed by atoms with E-state index in [2.05, 4.69) is 22.5 Å². The van der Waals surface area contributed by atoms with Crippen molar-refractivity contribution in [3.8, 4) is 11.5 Å². The highest BCUT2D eigenvalue weighted by Gasteiger charge is 2.20. The van der Waals surface area contributed by atoms with Crippen LogP contribution >= 0.6 is 12.2 Å². The first kappa shape index (κ1) is 21.2. The Kier molecular flexibility index (Phi) is 7.55. The van der Waals surface area contributed by atoms with E-state index < -0.39 is 0 Å². The van der Waals surface area contributed by atoms with Gasteiger partial charge in [-0.1, -0.05) is 17.7 Å². The number of nitrogens with zero attached hydrogens (tertiary/aromatic N) is 1. The molecule has 29 heavy (non-hydrogen) atoms. The average molecular weight is 416 g/mol. The van der Waals surface area contributed by atoms with Crippen molar-refractivity contribution in [3.05, 3.63) is 42.0 Å². The van der Waals surface area contributed by atoms with Crippen molar-refractivity contribution in [2.45, 2.75) is 20.8 Å². The standard InChI is InChI=1S/C22H29N3O3S/c1-4-27-20-15-19(25-10-12-26-13-11-25)21(28-5-2)14-18(20)24-22(29)23-17-8-6-16(3)7-9-17/h6-9,14-15H,4-5,10-13H2,1-3H3,(H2,23,24,29). The summed E-state index contributed by atoms with van der Waals surface area (Å²) in [5, 5.41) is 6.97. The van der Waals surface area contributed by atoms with E-state index in [4.69, 9.17) is 26.4 Å². The van der Waals surface area contributed by atoms with Gasteiger partial charge in [0.15, 0.2) is 5.11 Å². The summed E-state index contributed by atoms with van der Waals surface area (Å²) >= 11 is 5.52. The molecule has 0 radical (unpaired) electrons. The molecule has 0 aliphatic carbocycles. The Morgan fingerprint density at radius 2 is 1.66 bits per heavy atom. The summed E-state index contributed by atoms with van der Waals surface area (Å²) in [4.78, 5) is 2.27. The third-order valence-electron chi connectivity index (χ3n) is 4.57. The fourth-order valence-electron chi connectivity index (χ4n) is 3.17. The van der Waals surface area contributed by atoms with Crippen LogP contribution in [-0.2, 0) is 4.74 Å². The predicted molar refractivity (Wildman–Crippen MR) is 123 cm³/mol. The molecule has 1 aliphatic rings. The van der Waals surface area contributed by atoms with Gasteiger partial charge in [0.25, 0.3) is 0 Å². The van der Waals surface area contributed by atoms with Crippen molar-refractivity contribution in [1.29, 1.82) is 0 Å². The largest absolute Gasteiger partial charge is 0.492 e. The van der Waals surface area contributed by atoms with Gasteiger partial charge in [0.1, 0.15) is 11.5 Å². The molecular weight excluding hydrogens is 386 g/mol. The van der Waals surface area contributed by atoms with Gasteiger partial charge in [-0.15, -0.1) is 0 Å². The molecule has 0 bridgehead atoms. The van der Waals surface area contributed by atoms with Crippen LogP contribution in [0.3, 0.4) is 0 Å². The first-order valence-electron chi connectivity index (χ1n) is 10.0. The summed E-state index contributed by atoms with van der Waals surface area (Å²) in [7, 11) is 0. The van der Waals surface area contributed by atoms with Gasteiger partial charge in [-0.3, -0.25) is 0 Å². The zero-order valence-corrected chi connectivity index (χ0v) is 18.1. The molecule has 0 amide bonds. The van der Waals surface area contributed by atoms with Crippen LogP contribution in [0.15, 0.2) is 36.4 Å². The van der Waals surface area contributed by atoms with Crippen molar-refractivity contribution in [2.24, 2.45) is 0 Å². The number of thiocarbonyl (C=S) groups is 1. The van der Waals surface area contributed by atoms with Gasteiger partial charge in [-0.2, -0.15) is 0 Å². The molecule has 3 rings (SSSR count).